The van der Waals surface area contributed by atoms with E-state index in [0.717, 1.165) is 19.6 Å². The molecule has 1 aliphatic rings. The van der Waals surface area contributed by atoms with Gasteiger partial charge in [-0.25, -0.2) is 0 Å². The molecule has 1 aliphatic heterocycles. The van der Waals surface area contributed by atoms with Gasteiger partial charge in [0.25, 0.3) is 0 Å². The third-order valence-electron chi connectivity index (χ3n) is 3.19. The molecule has 0 aromatic rings. The van der Waals surface area contributed by atoms with Gasteiger partial charge in [0.1, 0.15) is 5.54 Å². The van der Waals surface area contributed by atoms with E-state index < -0.39 is 11.5 Å². The van der Waals surface area contributed by atoms with Crippen molar-refractivity contribution < 1.29 is 9.90 Å². The summed E-state index contributed by atoms with van der Waals surface area (Å²) in [4.78, 5) is 13.1. The van der Waals surface area contributed by atoms with Crippen LogP contribution in [0.15, 0.2) is 0 Å². The van der Waals surface area contributed by atoms with E-state index in [2.05, 4.69) is 18.7 Å². The Morgan fingerprint density at radius 3 is 2.60 bits per heavy atom. The van der Waals surface area contributed by atoms with E-state index >= 15 is 0 Å². The maximum absolute atomic E-state index is 10.8. The van der Waals surface area contributed by atoms with E-state index in [1.54, 1.807) is 6.92 Å². The minimum Gasteiger partial charge on any atom is -0.480 e. The fraction of sp³-hybridized carbons (Fsp3) is 0.909. The highest BCUT2D eigenvalue weighted by molar-refractivity contribution is 5.77. The monoisotopic (exact) mass is 214 g/mol. The lowest BCUT2D eigenvalue weighted by atomic mass is 9.93. The summed E-state index contributed by atoms with van der Waals surface area (Å²) in [5, 5.41) is 8.87. The minimum absolute atomic E-state index is 0.369. The van der Waals surface area contributed by atoms with E-state index in [0.29, 0.717) is 11.8 Å². The van der Waals surface area contributed by atoms with Gasteiger partial charge in [-0.3, -0.25) is 4.79 Å². The van der Waals surface area contributed by atoms with Gasteiger partial charge < -0.3 is 15.7 Å². The first kappa shape index (κ1) is 12.5. The quantitative estimate of drug-likeness (QED) is 0.730. The van der Waals surface area contributed by atoms with Crippen LogP contribution in [0.1, 0.15) is 33.6 Å². The molecular weight excluding hydrogens is 192 g/mol. The van der Waals surface area contributed by atoms with Crippen LogP contribution in [0.5, 0.6) is 0 Å². The predicted molar refractivity (Wildman–Crippen MR) is 59.7 cm³/mol. The van der Waals surface area contributed by atoms with E-state index in [9.17, 15) is 4.79 Å². The Labute approximate surface area is 91.4 Å². The van der Waals surface area contributed by atoms with Crippen LogP contribution in [0.4, 0.5) is 0 Å². The summed E-state index contributed by atoms with van der Waals surface area (Å²) in [7, 11) is 0. The highest BCUT2D eigenvalue weighted by Gasteiger charge is 2.32. The average Bonchev–Trinajstić information content (AvgIpc) is 2.42. The topological polar surface area (TPSA) is 66.6 Å². The van der Waals surface area contributed by atoms with Gasteiger partial charge in [-0.1, -0.05) is 13.8 Å². The molecule has 3 N–H and O–H groups in total. The first-order valence-corrected chi connectivity index (χ1v) is 5.48. The number of rotatable bonds is 4. The normalized spacial score (nSPS) is 25.1. The van der Waals surface area contributed by atoms with E-state index in [1.165, 1.54) is 6.42 Å². The fourth-order valence-corrected chi connectivity index (χ4v) is 1.91. The van der Waals surface area contributed by atoms with Gasteiger partial charge in [-0.05, 0) is 31.7 Å². The van der Waals surface area contributed by atoms with Gasteiger partial charge >= 0.3 is 5.97 Å². The number of hydrogen-bond donors (Lipinski definition) is 2. The second-order valence-corrected chi connectivity index (χ2v) is 5.66. The lowest BCUT2D eigenvalue weighted by Crippen LogP contribution is -2.47. The standard InChI is InChI=1S/C11H22N2O2/c1-10(2)4-6-13(8-10)7-5-11(3,12)9(14)15/h4-8,12H2,1-3H3,(H,14,15). The number of likely N-dealkylation sites (tertiary alicyclic amines) is 1. The molecule has 1 unspecified atom stereocenters. The Balaban J connectivity index is 2.36. The van der Waals surface area contributed by atoms with Gasteiger partial charge in [0.2, 0.25) is 0 Å². The molecule has 0 aliphatic carbocycles. The highest BCUT2D eigenvalue weighted by Crippen LogP contribution is 2.29. The van der Waals surface area contributed by atoms with Crippen molar-refractivity contribution in [1.82, 2.24) is 4.90 Å². The molecular formula is C11H22N2O2. The molecule has 4 heteroatoms. The summed E-state index contributed by atoms with van der Waals surface area (Å²) < 4.78 is 0. The number of carboxylic acid groups (broad SMARTS) is 1. The first-order valence-electron chi connectivity index (χ1n) is 5.48. The molecule has 4 nitrogen and oxygen atoms in total. The van der Waals surface area contributed by atoms with Crippen LogP contribution in [-0.2, 0) is 4.79 Å². The molecule has 0 saturated carbocycles. The predicted octanol–water partition coefficient (Wildman–Crippen LogP) is 0.910. The maximum atomic E-state index is 10.8. The molecule has 0 spiro atoms. The average molecular weight is 214 g/mol. The SMILES string of the molecule is CC1(C)CCN(CCC(C)(N)C(=O)O)C1. The Morgan fingerprint density at radius 1 is 1.60 bits per heavy atom. The van der Waals surface area contributed by atoms with Crippen molar-refractivity contribution in [3.05, 3.63) is 0 Å². The molecule has 0 aromatic carbocycles. The van der Waals surface area contributed by atoms with Gasteiger partial charge in [0, 0.05) is 13.1 Å². The lowest BCUT2D eigenvalue weighted by molar-refractivity contribution is -0.143. The number of aliphatic carboxylic acids is 1. The third-order valence-corrected chi connectivity index (χ3v) is 3.19. The lowest BCUT2D eigenvalue weighted by Gasteiger charge is -2.24. The maximum Gasteiger partial charge on any atom is 0.323 e. The minimum atomic E-state index is -1.09. The molecule has 1 heterocycles. The second kappa shape index (κ2) is 4.10. The highest BCUT2D eigenvalue weighted by atomic mass is 16.4. The fourth-order valence-electron chi connectivity index (χ4n) is 1.91. The summed E-state index contributed by atoms with van der Waals surface area (Å²) in [6, 6.07) is 0. The smallest absolute Gasteiger partial charge is 0.323 e. The van der Waals surface area contributed by atoms with Crippen LogP contribution in [-0.4, -0.2) is 41.1 Å². The Kier molecular flexibility index (Phi) is 3.41. The Bertz CT molecular complexity index is 249. The van der Waals surface area contributed by atoms with Crippen LogP contribution < -0.4 is 5.73 Å². The van der Waals surface area contributed by atoms with Crippen molar-refractivity contribution >= 4 is 5.97 Å². The first-order chi connectivity index (χ1) is 6.73. The molecule has 88 valence electrons. The number of hydrogen-bond acceptors (Lipinski definition) is 3. The molecule has 1 saturated heterocycles. The van der Waals surface area contributed by atoms with Gasteiger partial charge in [-0.15, -0.1) is 0 Å². The number of carbonyl (C=O) groups is 1. The Hall–Kier alpha value is -0.610. The van der Waals surface area contributed by atoms with Crippen LogP contribution >= 0.6 is 0 Å². The zero-order chi connectivity index (χ0) is 11.7. The van der Waals surface area contributed by atoms with Crippen molar-refractivity contribution in [2.75, 3.05) is 19.6 Å². The van der Waals surface area contributed by atoms with Gasteiger partial charge in [0.15, 0.2) is 0 Å². The summed E-state index contributed by atoms with van der Waals surface area (Å²) in [6.45, 7) is 8.95. The van der Waals surface area contributed by atoms with Crippen molar-refractivity contribution in [3.63, 3.8) is 0 Å². The molecule has 0 radical (unpaired) electrons. The van der Waals surface area contributed by atoms with Crippen molar-refractivity contribution in [2.45, 2.75) is 39.2 Å². The van der Waals surface area contributed by atoms with E-state index in [-0.39, 0.29) is 0 Å². The number of nitrogens with two attached hydrogens (primary N) is 1. The molecule has 1 fully saturated rings. The van der Waals surface area contributed by atoms with Crippen LogP contribution in [0.25, 0.3) is 0 Å². The number of carboxylic acids is 1. The third kappa shape index (κ3) is 3.47. The molecule has 1 atom stereocenters. The van der Waals surface area contributed by atoms with Crippen molar-refractivity contribution in [1.29, 1.82) is 0 Å². The molecule has 1 rings (SSSR count). The van der Waals surface area contributed by atoms with Crippen molar-refractivity contribution in [2.24, 2.45) is 11.1 Å². The summed E-state index contributed by atoms with van der Waals surface area (Å²) in [5.41, 5.74) is 4.96. The molecule has 0 aromatic heterocycles. The van der Waals surface area contributed by atoms with E-state index in [1.807, 2.05) is 0 Å². The zero-order valence-corrected chi connectivity index (χ0v) is 9.92. The largest absolute Gasteiger partial charge is 0.480 e. The molecule has 0 bridgehead atoms. The van der Waals surface area contributed by atoms with Crippen molar-refractivity contribution in [3.8, 4) is 0 Å². The summed E-state index contributed by atoms with van der Waals surface area (Å²) >= 11 is 0. The molecule has 0 amide bonds. The van der Waals surface area contributed by atoms with Crippen LogP contribution in [0.2, 0.25) is 0 Å². The van der Waals surface area contributed by atoms with E-state index in [4.69, 9.17) is 10.8 Å². The van der Waals surface area contributed by atoms with Crippen LogP contribution in [0.3, 0.4) is 0 Å². The van der Waals surface area contributed by atoms with Gasteiger partial charge in [-0.2, -0.15) is 0 Å². The van der Waals surface area contributed by atoms with Gasteiger partial charge in [0.05, 0.1) is 0 Å². The van der Waals surface area contributed by atoms with Crippen LogP contribution in [0, 0.1) is 5.41 Å². The Morgan fingerprint density at radius 2 is 2.20 bits per heavy atom. The second-order valence-electron chi connectivity index (χ2n) is 5.66. The molecule has 15 heavy (non-hydrogen) atoms. The summed E-state index contributed by atoms with van der Waals surface area (Å²) in [5.74, 6) is -0.916. The summed E-state index contributed by atoms with van der Waals surface area (Å²) in [6.07, 6.45) is 1.69. The number of nitrogens with zero attached hydrogens (tertiary/aromatic N) is 1. The zero-order valence-electron chi connectivity index (χ0n) is 9.92.